The monoisotopic (exact) mass is 492 g/mol. The van der Waals surface area contributed by atoms with Crippen LogP contribution in [0.1, 0.15) is 21.7 Å². The lowest BCUT2D eigenvalue weighted by Crippen LogP contribution is -2.25. The van der Waals surface area contributed by atoms with Gasteiger partial charge in [0, 0.05) is 27.9 Å². The molecule has 0 aliphatic rings. The van der Waals surface area contributed by atoms with Gasteiger partial charge in [0.2, 0.25) is 0 Å². The van der Waals surface area contributed by atoms with Gasteiger partial charge in [0.05, 0.1) is 20.8 Å². The van der Waals surface area contributed by atoms with E-state index in [1.807, 2.05) is 10.6 Å². The minimum Gasteiger partial charge on any atom is -0.493 e. The molecular weight excluding hydrogens is 471 g/mol. The van der Waals surface area contributed by atoms with E-state index in [1.54, 1.807) is 43.5 Å². The number of carbonyl (C=O) groups excluding carboxylic acids is 1. The molecule has 0 bridgehead atoms. The Morgan fingerprint density at radius 1 is 1.16 bits per heavy atom. The van der Waals surface area contributed by atoms with E-state index >= 15 is 0 Å². The lowest BCUT2D eigenvalue weighted by Gasteiger charge is -2.11. The fraction of sp³-hybridized carbons (Fsp3) is 0.227. The van der Waals surface area contributed by atoms with Crippen LogP contribution in [0.2, 0.25) is 10.0 Å². The minimum atomic E-state index is -0.263. The zero-order chi connectivity index (χ0) is 23.1. The zero-order valence-corrected chi connectivity index (χ0v) is 19.9. The minimum absolute atomic E-state index is 0.205. The van der Waals surface area contributed by atoms with Crippen molar-refractivity contribution in [3.63, 3.8) is 0 Å². The highest BCUT2D eigenvalue weighted by Crippen LogP contribution is 2.29. The molecule has 32 heavy (non-hydrogen) atoms. The molecule has 0 aliphatic carbocycles. The number of benzene rings is 2. The van der Waals surface area contributed by atoms with Gasteiger partial charge in [-0.05, 0) is 35.9 Å². The first-order valence-corrected chi connectivity index (χ1v) is 11.3. The second-order valence-electron chi connectivity index (χ2n) is 6.57. The van der Waals surface area contributed by atoms with E-state index in [4.69, 9.17) is 32.7 Å². The Hall–Kier alpha value is -2.68. The van der Waals surface area contributed by atoms with Gasteiger partial charge < -0.3 is 19.4 Å². The standard InChI is InChI=1S/C22H22Cl2N4O3S/c1-4-9-28-20(12-25-21(29)14-6-8-18(30-2)19(10-14)31-3)26-27-22(28)32-13-15-5-7-16(23)11-17(15)24/h4-8,10-11H,1,9,12-13H2,2-3H3,(H,25,29). The SMILES string of the molecule is C=CCn1c(CNC(=O)c2ccc(OC)c(OC)c2)nnc1SCc1ccc(Cl)cc1Cl. The third-order valence-corrected chi connectivity index (χ3v) is 6.13. The van der Waals surface area contributed by atoms with E-state index in [0.717, 1.165) is 5.56 Å². The summed E-state index contributed by atoms with van der Waals surface area (Å²) >= 11 is 13.7. The average molecular weight is 493 g/mol. The lowest BCUT2D eigenvalue weighted by molar-refractivity contribution is 0.0949. The molecule has 0 aliphatic heterocycles. The summed E-state index contributed by atoms with van der Waals surface area (Å²) in [5, 5.41) is 13.3. The van der Waals surface area contributed by atoms with Crippen molar-refractivity contribution in [3.05, 3.63) is 76.0 Å². The number of hydrogen-bond donors (Lipinski definition) is 1. The summed E-state index contributed by atoms with van der Waals surface area (Å²) in [4.78, 5) is 12.6. The van der Waals surface area contributed by atoms with Gasteiger partial charge in [-0.1, -0.05) is 47.1 Å². The molecule has 0 saturated carbocycles. The molecule has 0 fully saturated rings. The number of rotatable bonds is 10. The number of carbonyl (C=O) groups is 1. The summed E-state index contributed by atoms with van der Waals surface area (Å²) < 4.78 is 12.4. The molecule has 3 aromatic rings. The lowest BCUT2D eigenvalue weighted by atomic mass is 10.2. The Morgan fingerprint density at radius 3 is 2.62 bits per heavy atom. The topological polar surface area (TPSA) is 78.3 Å². The molecule has 1 N–H and O–H groups in total. The van der Waals surface area contributed by atoms with Crippen molar-refractivity contribution in [3.8, 4) is 11.5 Å². The van der Waals surface area contributed by atoms with Gasteiger partial charge in [-0.3, -0.25) is 4.79 Å². The highest BCUT2D eigenvalue weighted by molar-refractivity contribution is 7.98. The van der Waals surface area contributed by atoms with Crippen LogP contribution >= 0.6 is 35.0 Å². The maximum Gasteiger partial charge on any atom is 0.251 e. The van der Waals surface area contributed by atoms with Crippen molar-refractivity contribution < 1.29 is 14.3 Å². The van der Waals surface area contributed by atoms with Crippen molar-refractivity contribution in [1.82, 2.24) is 20.1 Å². The fourth-order valence-corrected chi connectivity index (χ4v) is 4.41. The number of allylic oxidation sites excluding steroid dienone is 1. The number of nitrogens with zero attached hydrogens (tertiary/aromatic N) is 3. The van der Waals surface area contributed by atoms with Gasteiger partial charge in [0.1, 0.15) is 0 Å². The number of aromatic nitrogens is 3. The van der Waals surface area contributed by atoms with Crippen LogP contribution in [0.3, 0.4) is 0 Å². The second kappa shape index (κ2) is 11.3. The molecule has 1 aromatic heterocycles. The third-order valence-electron chi connectivity index (χ3n) is 4.53. The van der Waals surface area contributed by atoms with E-state index in [-0.39, 0.29) is 12.5 Å². The largest absolute Gasteiger partial charge is 0.493 e. The molecule has 0 unspecified atom stereocenters. The van der Waals surface area contributed by atoms with Crippen LogP contribution in [0.5, 0.6) is 11.5 Å². The first kappa shape index (κ1) is 24.0. The maximum atomic E-state index is 12.6. The molecule has 1 amide bonds. The molecule has 0 atom stereocenters. The number of methoxy groups -OCH3 is 2. The van der Waals surface area contributed by atoms with Crippen LogP contribution in [0.4, 0.5) is 0 Å². The predicted octanol–water partition coefficient (Wildman–Crippen LogP) is 5.01. The molecule has 1 heterocycles. The van der Waals surface area contributed by atoms with Crippen molar-refractivity contribution in [2.24, 2.45) is 0 Å². The summed E-state index contributed by atoms with van der Waals surface area (Å²) in [6, 6.07) is 10.4. The molecule has 7 nitrogen and oxygen atoms in total. The van der Waals surface area contributed by atoms with Crippen molar-refractivity contribution >= 4 is 40.9 Å². The molecule has 3 rings (SSSR count). The first-order valence-electron chi connectivity index (χ1n) is 9.56. The molecule has 10 heteroatoms. The average Bonchev–Trinajstić information content (AvgIpc) is 3.18. The molecular formula is C22H22Cl2N4O3S. The number of amides is 1. The highest BCUT2D eigenvalue weighted by Gasteiger charge is 2.15. The number of hydrogen-bond acceptors (Lipinski definition) is 6. The van der Waals surface area contributed by atoms with E-state index in [0.29, 0.717) is 50.4 Å². The van der Waals surface area contributed by atoms with Gasteiger partial charge in [-0.15, -0.1) is 16.8 Å². The van der Waals surface area contributed by atoms with Crippen LogP contribution in [0.25, 0.3) is 0 Å². The van der Waals surface area contributed by atoms with E-state index in [9.17, 15) is 4.79 Å². The summed E-state index contributed by atoms with van der Waals surface area (Å²) in [6.45, 7) is 4.51. The number of halogens is 2. The van der Waals surface area contributed by atoms with Gasteiger partial charge in [-0.2, -0.15) is 0 Å². The Balaban J connectivity index is 1.69. The van der Waals surface area contributed by atoms with Crippen LogP contribution in [0, 0.1) is 0 Å². The van der Waals surface area contributed by atoms with Crippen LogP contribution in [-0.4, -0.2) is 34.9 Å². The number of nitrogens with one attached hydrogen (secondary N) is 1. The normalized spacial score (nSPS) is 10.6. The van der Waals surface area contributed by atoms with Gasteiger partial charge >= 0.3 is 0 Å². The molecule has 0 saturated heterocycles. The van der Waals surface area contributed by atoms with Gasteiger partial charge in [-0.25, -0.2) is 0 Å². The predicted molar refractivity (Wildman–Crippen MR) is 127 cm³/mol. The molecule has 0 radical (unpaired) electrons. The number of ether oxygens (including phenoxy) is 2. The van der Waals surface area contributed by atoms with Crippen LogP contribution in [-0.2, 0) is 18.8 Å². The van der Waals surface area contributed by atoms with Crippen molar-refractivity contribution in [2.75, 3.05) is 14.2 Å². The maximum absolute atomic E-state index is 12.6. The van der Waals surface area contributed by atoms with Crippen molar-refractivity contribution in [2.45, 2.75) is 24.0 Å². The fourth-order valence-electron chi connectivity index (χ4n) is 2.89. The van der Waals surface area contributed by atoms with E-state index in [1.165, 1.54) is 18.9 Å². The Morgan fingerprint density at radius 2 is 1.94 bits per heavy atom. The smallest absolute Gasteiger partial charge is 0.251 e. The first-order chi connectivity index (χ1) is 15.5. The summed E-state index contributed by atoms with van der Waals surface area (Å²) in [5.74, 6) is 1.99. The van der Waals surface area contributed by atoms with Crippen LogP contribution in [0.15, 0.2) is 54.2 Å². The summed E-state index contributed by atoms with van der Waals surface area (Å²) in [5.41, 5.74) is 1.39. The Bertz CT molecular complexity index is 1120. The van der Waals surface area contributed by atoms with Crippen LogP contribution < -0.4 is 14.8 Å². The van der Waals surface area contributed by atoms with E-state index < -0.39 is 0 Å². The van der Waals surface area contributed by atoms with Gasteiger partial charge in [0.25, 0.3) is 5.91 Å². The zero-order valence-electron chi connectivity index (χ0n) is 17.6. The van der Waals surface area contributed by atoms with Gasteiger partial charge in [0.15, 0.2) is 22.5 Å². The Labute approximate surface area is 200 Å². The summed E-state index contributed by atoms with van der Waals surface area (Å²) in [7, 11) is 3.06. The van der Waals surface area contributed by atoms with E-state index in [2.05, 4.69) is 22.1 Å². The molecule has 2 aromatic carbocycles. The second-order valence-corrected chi connectivity index (χ2v) is 8.36. The Kier molecular flexibility index (Phi) is 8.44. The molecule has 168 valence electrons. The third kappa shape index (κ3) is 5.76. The molecule has 0 spiro atoms. The highest BCUT2D eigenvalue weighted by atomic mass is 35.5. The van der Waals surface area contributed by atoms with Crippen molar-refractivity contribution in [1.29, 1.82) is 0 Å². The quantitative estimate of drug-likeness (QED) is 0.316. The number of thioether (sulfide) groups is 1. The summed E-state index contributed by atoms with van der Waals surface area (Å²) in [6.07, 6.45) is 1.75.